The number of benzene rings is 2. The number of hydrogen-bond acceptors (Lipinski definition) is 7. The molecule has 2 aromatic carbocycles. The zero-order valence-corrected chi connectivity index (χ0v) is 20.5. The second kappa shape index (κ2) is 15.4. The molecule has 0 radical (unpaired) electrons. The van der Waals surface area contributed by atoms with Crippen molar-refractivity contribution >= 4 is 23.7 Å². The zero-order valence-electron chi connectivity index (χ0n) is 20.5. The number of unbranched alkanes of at least 4 members (excludes halogenated alkanes) is 1. The zero-order chi connectivity index (χ0) is 27.9. The fourth-order valence-electron chi connectivity index (χ4n) is 3.16. The Labute approximate surface area is 219 Å². The van der Waals surface area contributed by atoms with Crippen LogP contribution >= 0.6 is 0 Å². The molecule has 0 fully saturated rings. The van der Waals surface area contributed by atoms with Crippen LogP contribution in [0.2, 0.25) is 0 Å². The number of carboxylic acid groups (broad SMARTS) is 1. The van der Waals surface area contributed by atoms with Crippen LogP contribution in [-0.2, 0) is 9.59 Å². The number of nitrogens with one attached hydrogen (secondary N) is 3. The average molecular weight is 520 g/mol. The van der Waals surface area contributed by atoms with E-state index in [4.69, 9.17) is 16.7 Å². The van der Waals surface area contributed by atoms with Crippen LogP contribution in [0.4, 0.5) is 0 Å². The number of nitrogens with two attached hydrogens (primary N) is 2. The van der Waals surface area contributed by atoms with Crippen LogP contribution in [-0.4, -0.2) is 59.2 Å². The monoisotopic (exact) mass is 519 g/mol. The fourth-order valence-corrected chi connectivity index (χ4v) is 3.16. The summed E-state index contributed by atoms with van der Waals surface area (Å²) in [4.78, 5) is 47.4. The highest BCUT2D eigenvalue weighted by Crippen LogP contribution is 2.07. The highest BCUT2D eigenvalue weighted by atomic mass is 16.5. The molecule has 0 aliphatic heterocycles. The fraction of sp³-hybridized carbons (Fsp3) is 0.259. The smallest absolute Gasteiger partial charge is 0.326 e. The summed E-state index contributed by atoms with van der Waals surface area (Å²) in [7, 11) is 0. The average Bonchev–Trinajstić information content (AvgIpc) is 2.93. The van der Waals surface area contributed by atoms with Crippen molar-refractivity contribution in [2.45, 2.75) is 31.3 Å². The summed E-state index contributed by atoms with van der Waals surface area (Å²) >= 11 is 0. The van der Waals surface area contributed by atoms with E-state index < -0.39 is 35.8 Å². The van der Waals surface area contributed by atoms with Crippen LogP contribution in [0.3, 0.4) is 0 Å². The summed E-state index contributed by atoms with van der Waals surface area (Å²) in [5.41, 5.74) is 14.1. The van der Waals surface area contributed by atoms with Gasteiger partial charge in [-0.3, -0.25) is 19.6 Å². The first-order valence-corrected chi connectivity index (χ1v) is 11.7. The van der Waals surface area contributed by atoms with Crippen LogP contribution in [0.5, 0.6) is 0 Å². The Kier molecular flexibility index (Phi) is 12.0. The molecule has 0 saturated carbocycles. The van der Waals surface area contributed by atoms with Crippen molar-refractivity contribution in [2.24, 2.45) is 11.5 Å². The van der Waals surface area contributed by atoms with Gasteiger partial charge < -0.3 is 27.2 Å². The number of amides is 3. The third-order valence-electron chi connectivity index (χ3n) is 5.29. The van der Waals surface area contributed by atoms with Gasteiger partial charge in [-0.1, -0.05) is 11.8 Å². The molecule has 11 heteroatoms. The van der Waals surface area contributed by atoms with Gasteiger partial charge in [0.2, 0.25) is 0 Å². The molecule has 0 aromatic heterocycles. The van der Waals surface area contributed by atoms with Crippen LogP contribution in [0.25, 0.3) is 0 Å². The van der Waals surface area contributed by atoms with Gasteiger partial charge in [-0.15, -0.1) is 0 Å². The number of carbonyl (C=O) groups is 4. The van der Waals surface area contributed by atoms with E-state index >= 15 is 0 Å². The Hall–Kier alpha value is -4.68. The maximum absolute atomic E-state index is 12.4. The Morgan fingerprint density at radius 1 is 0.763 bits per heavy atom. The van der Waals surface area contributed by atoms with Crippen LogP contribution in [0, 0.1) is 23.7 Å². The highest BCUT2D eigenvalue weighted by Gasteiger charge is 2.20. The molecular formula is C27H29N5O6. The van der Waals surface area contributed by atoms with Gasteiger partial charge in [0.05, 0.1) is 0 Å². The van der Waals surface area contributed by atoms with Crippen molar-refractivity contribution < 1.29 is 29.5 Å². The van der Waals surface area contributed by atoms with Crippen LogP contribution in [0.15, 0.2) is 48.5 Å². The lowest BCUT2D eigenvalue weighted by Gasteiger charge is -2.14. The minimum Gasteiger partial charge on any atom is -0.480 e. The van der Waals surface area contributed by atoms with Gasteiger partial charge in [0.1, 0.15) is 12.1 Å². The van der Waals surface area contributed by atoms with Gasteiger partial charge in [0, 0.05) is 28.8 Å². The molecule has 0 heterocycles. The molecule has 2 atom stereocenters. The Balaban J connectivity index is 1.95. The Morgan fingerprint density at radius 2 is 1.24 bits per heavy atom. The third kappa shape index (κ3) is 9.41. The van der Waals surface area contributed by atoms with E-state index in [1.807, 2.05) is 0 Å². The third-order valence-corrected chi connectivity index (χ3v) is 5.29. The Morgan fingerprint density at radius 3 is 1.63 bits per heavy atom. The normalized spacial score (nSPS) is 11.4. The predicted molar refractivity (Wildman–Crippen MR) is 139 cm³/mol. The first-order chi connectivity index (χ1) is 18.3. The van der Waals surface area contributed by atoms with Gasteiger partial charge in [0.15, 0.2) is 0 Å². The standard InChI is InChI=1S/C27H29N5O6/c28-16-4-3-7-22(27(36)37)30-24(33)20-12-8-18(9-13-20)5-1-2-6-19-10-14-21(15-11-19)25(34)31-23(17-29)26(35)32-38/h8-15,22-23,38H,3-4,7,16-17,28-29H2,(H,30,33)(H,31,34)(H,32,35)(H,36,37)/t22-,23-/m0/s1. The molecule has 0 saturated heterocycles. The number of hydroxylamine groups is 1. The maximum atomic E-state index is 12.4. The van der Waals surface area contributed by atoms with Crippen LogP contribution < -0.4 is 27.6 Å². The molecule has 0 bridgehead atoms. The SMILES string of the molecule is NCCCC[C@H](NC(=O)c1ccc(C#CC#Cc2ccc(C(=O)N[C@@H](CN)C(=O)NO)cc2)cc1)C(=O)O. The molecule has 2 rings (SSSR count). The molecule has 11 nitrogen and oxygen atoms in total. The topological polar surface area (TPSA) is 197 Å². The van der Waals surface area contributed by atoms with Gasteiger partial charge in [-0.2, -0.15) is 0 Å². The minimum absolute atomic E-state index is 0.183. The predicted octanol–water partition coefficient (Wildman–Crippen LogP) is -0.0357. The van der Waals surface area contributed by atoms with Gasteiger partial charge in [-0.25, -0.2) is 10.3 Å². The van der Waals surface area contributed by atoms with Crippen LogP contribution in [0.1, 0.15) is 51.1 Å². The molecule has 0 unspecified atom stereocenters. The van der Waals surface area contributed by atoms with Gasteiger partial charge in [-0.05, 0) is 86.2 Å². The Bertz CT molecular complexity index is 1250. The molecule has 198 valence electrons. The van der Waals surface area contributed by atoms with E-state index in [9.17, 15) is 24.3 Å². The highest BCUT2D eigenvalue weighted by molar-refractivity contribution is 5.98. The van der Waals surface area contributed by atoms with Crippen molar-refractivity contribution in [1.82, 2.24) is 16.1 Å². The lowest BCUT2D eigenvalue weighted by molar-refractivity contribution is -0.139. The van der Waals surface area contributed by atoms with Gasteiger partial charge in [0.25, 0.3) is 17.7 Å². The van der Waals surface area contributed by atoms with E-state index in [2.05, 4.69) is 34.3 Å². The van der Waals surface area contributed by atoms with Crippen molar-refractivity contribution in [3.8, 4) is 23.7 Å². The molecule has 0 spiro atoms. The molecule has 38 heavy (non-hydrogen) atoms. The van der Waals surface area contributed by atoms with Crippen molar-refractivity contribution in [2.75, 3.05) is 13.1 Å². The summed E-state index contributed by atoms with van der Waals surface area (Å²) < 4.78 is 0. The lowest BCUT2D eigenvalue weighted by atomic mass is 10.1. The molecule has 0 aliphatic rings. The summed E-state index contributed by atoms with van der Waals surface area (Å²) in [5.74, 6) is 8.16. The maximum Gasteiger partial charge on any atom is 0.326 e. The summed E-state index contributed by atoms with van der Waals surface area (Å²) in [6, 6.07) is 10.6. The molecule has 2 aromatic rings. The number of hydrogen-bond donors (Lipinski definition) is 7. The summed E-state index contributed by atoms with van der Waals surface area (Å²) in [6.45, 7) is 0.278. The van der Waals surface area contributed by atoms with E-state index in [1.54, 1.807) is 36.4 Å². The summed E-state index contributed by atoms with van der Waals surface area (Å²) in [5, 5.41) is 22.9. The van der Waals surface area contributed by atoms with Crippen molar-refractivity contribution in [3.05, 3.63) is 70.8 Å². The van der Waals surface area contributed by atoms with E-state index in [-0.39, 0.29) is 12.1 Å². The first-order valence-electron chi connectivity index (χ1n) is 11.7. The quantitative estimate of drug-likeness (QED) is 0.0929. The van der Waals surface area contributed by atoms with E-state index in [0.29, 0.717) is 42.5 Å². The number of carboxylic acids is 1. The van der Waals surface area contributed by atoms with Gasteiger partial charge >= 0.3 is 5.97 Å². The number of aliphatic carboxylic acids is 1. The first kappa shape index (κ1) is 29.5. The number of rotatable bonds is 11. The lowest BCUT2D eigenvalue weighted by Crippen LogP contribution is -2.50. The van der Waals surface area contributed by atoms with Crippen molar-refractivity contribution in [1.29, 1.82) is 0 Å². The molecular weight excluding hydrogens is 490 g/mol. The van der Waals surface area contributed by atoms with E-state index in [1.165, 1.54) is 17.6 Å². The molecule has 3 amide bonds. The molecule has 9 N–H and O–H groups in total. The largest absolute Gasteiger partial charge is 0.480 e. The second-order valence-corrected chi connectivity index (χ2v) is 8.04. The minimum atomic E-state index is -1.10. The van der Waals surface area contributed by atoms with E-state index in [0.717, 1.165) is 0 Å². The number of carbonyl (C=O) groups excluding carboxylic acids is 3. The van der Waals surface area contributed by atoms with Crippen molar-refractivity contribution in [3.63, 3.8) is 0 Å². The summed E-state index contributed by atoms with van der Waals surface area (Å²) in [6.07, 6.45) is 1.58. The second-order valence-electron chi connectivity index (χ2n) is 8.04. The molecule has 0 aliphatic carbocycles.